The summed E-state index contributed by atoms with van der Waals surface area (Å²) < 4.78 is 0. The molecule has 1 fully saturated rings. The van der Waals surface area contributed by atoms with Gasteiger partial charge in [-0.2, -0.15) is 0 Å². The second-order valence-corrected chi connectivity index (χ2v) is 5.65. The quantitative estimate of drug-likeness (QED) is 0.742. The van der Waals surface area contributed by atoms with Gasteiger partial charge in [-0.25, -0.2) is 0 Å². The minimum Gasteiger partial charge on any atom is -0.397 e. The monoisotopic (exact) mass is 282 g/mol. The van der Waals surface area contributed by atoms with Crippen molar-refractivity contribution in [1.82, 2.24) is 5.32 Å². The molecule has 0 aliphatic heterocycles. The maximum atomic E-state index is 12.1. The lowest BCUT2D eigenvalue weighted by atomic mass is 10.2. The van der Waals surface area contributed by atoms with E-state index >= 15 is 0 Å². The van der Waals surface area contributed by atoms with E-state index in [4.69, 9.17) is 11.5 Å². The molecule has 19 heavy (non-hydrogen) atoms. The summed E-state index contributed by atoms with van der Waals surface area (Å²) in [6, 6.07) is 0.249. The predicted octanol–water partition coefficient (Wildman–Crippen LogP) is 0.778. The number of hydrogen-bond acceptors (Lipinski definition) is 5. The van der Waals surface area contributed by atoms with E-state index in [0.717, 1.165) is 12.8 Å². The number of anilines is 2. The number of carbonyl (C=O) groups is 2. The third-order valence-electron chi connectivity index (χ3n) is 3.11. The van der Waals surface area contributed by atoms with Crippen LogP contribution in [0.1, 0.15) is 39.8 Å². The third kappa shape index (κ3) is 2.65. The molecule has 1 heterocycles. The first-order valence-electron chi connectivity index (χ1n) is 6.19. The van der Waals surface area contributed by atoms with Gasteiger partial charge in [0.25, 0.3) is 11.8 Å². The molecule has 0 aromatic carbocycles. The van der Waals surface area contributed by atoms with Crippen LogP contribution in [0.25, 0.3) is 0 Å². The van der Waals surface area contributed by atoms with Gasteiger partial charge >= 0.3 is 0 Å². The zero-order valence-electron chi connectivity index (χ0n) is 11.0. The Morgan fingerprint density at radius 1 is 1.47 bits per heavy atom. The Kier molecular flexibility index (Phi) is 3.66. The van der Waals surface area contributed by atoms with Crippen LogP contribution in [0, 0.1) is 0 Å². The SMILES string of the molecule is CCN(C)c1sc(C(=O)NC2CC2)c(N)c1C(N)=O. The summed E-state index contributed by atoms with van der Waals surface area (Å²) in [7, 11) is 1.83. The smallest absolute Gasteiger partial charge is 0.263 e. The highest BCUT2D eigenvalue weighted by atomic mass is 32.1. The van der Waals surface area contributed by atoms with Crippen LogP contribution in [-0.4, -0.2) is 31.4 Å². The van der Waals surface area contributed by atoms with Gasteiger partial charge in [-0.3, -0.25) is 9.59 Å². The van der Waals surface area contributed by atoms with Crippen LogP contribution < -0.4 is 21.7 Å². The lowest BCUT2D eigenvalue weighted by molar-refractivity contribution is 0.0955. The molecular weight excluding hydrogens is 264 g/mol. The third-order valence-corrected chi connectivity index (χ3v) is 4.43. The fourth-order valence-electron chi connectivity index (χ4n) is 1.73. The van der Waals surface area contributed by atoms with Crippen molar-refractivity contribution >= 4 is 33.8 Å². The Morgan fingerprint density at radius 2 is 2.11 bits per heavy atom. The number of thiophene rings is 1. The molecule has 0 unspecified atom stereocenters. The van der Waals surface area contributed by atoms with Gasteiger partial charge in [0.2, 0.25) is 0 Å². The van der Waals surface area contributed by atoms with Crippen LogP contribution in [-0.2, 0) is 0 Å². The minimum atomic E-state index is -0.602. The van der Waals surface area contributed by atoms with Gasteiger partial charge < -0.3 is 21.7 Å². The molecule has 1 aliphatic carbocycles. The summed E-state index contributed by atoms with van der Waals surface area (Å²) >= 11 is 1.21. The van der Waals surface area contributed by atoms with Crippen LogP contribution in [0.4, 0.5) is 10.7 Å². The summed E-state index contributed by atoms with van der Waals surface area (Å²) in [5.74, 6) is -0.822. The predicted molar refractivity (Wildman–Crippen MR) is 76.7 cm³/mol. The van der Waals surface area contributed by atoms with Crippen LogP contribution >= 0.6 is 11.3 Å². The fourth-order valence-corrected chi connectivity index (χ4v) is 2.88. The second-order valence-electron chi connectivity index (χ2n) is 4.65. The Balaban J connectivity index is 2.38. The average molecular weight is 282 g/mol. The van der Waals surface area contributed by atoms with E-state index in [0.29, 0.717) is 16.4 Å². The first-order valence-corrected chi connectivity index (χ1v) is 7.01. The molecule has 0 radical (unpaired) electrons. The molecule has 1 saturated carbocycles. The lowest BCUT2D eigenvalue weighted by Gasteiger charge is -2.15. The lowest BCUT2D eigenvalue weighted by Crippen LogP contribution is -2.25. The summed E-state index contributed by atoms with van der Waals surface area (Å²) in [5.41, 5.74) is 11.7. The van der Waals surface area contributed by atoms with Crippen molar-refractivity contribution in [3.05, 3.63) is 10.4 Å². The Morgan fingerprint density at radius 3 is 2.58 bits per heavy atom. The number of nitrogens with two attached hydrogens (primary N) is 2. The van der Waals surface area contributed by atoms with E-state index in [1.807, 2.05) is 18.9 Å². The van der Waals surface area contributed by atoms with Crippen LogP contribution in [0.5, 0.6) is 0 Å². The standard InChI is InChI=1S/C12H18N4O2S/c1-3-16(2)12-7(10(14)17)8(13)9(19-12)11(18)15-6-4-5-6/h6H,3-5,13H2,1-2H3,(H2,14,17)(H,15,18). The van der Waals surface area contributed by atoms with E-state index in [9.17, 15) is 9.59 Å². The molecular formula is C12H18N4O2S. The highest BCUT2D eigenvalue weighted by molar-refractivity contribution is 7.19. The number of carbonyl (C=O) groups excluding carboxylic acids is 2. The number of nitrogen functional groups attached to an aromatic ring is 1. The van der Waals surface area contributed by atoms with Gasteiger partial charge in [0.05, 0.1) is 11.3 Å². The zero-order chi connectivity index (χ0) is 14.2. The van der Waals surface area contributed by atoms with Gasteiger partial charge in [0, 0.05) is 19.6 Å². The van der Waals surface area contributed by atoms with Gasteiger partial charge in [-0.05, 0) is 19.8 Å². The molecule has 1 aromatic rings. The number of nitrogens with zero attached hydrogens (tertiary/aromatic N) is 1. The van der Waals surface area contributed by atoms with Gasteiger partial charge in [-0.1, -0.05) is 0 Å². The molecule has 5 N–H and O–H groups in total. The molecule has 6 nitrogen and oxygen atoms in total. The Bertz CT molecular complexity index is 522. The van der Waals surface area contributed by atoms with Gasteiger partial charge in [0.1, 0.15) is 9.88 Å². The van der Waals surface area contributed by atoms with Crippen molar-refractivity contribution < 1.29 is 9.59 Å². The van der Waals surface area contributed by atoms with Crippen molar-refractivity contribution in [2.24, 2.45) is 5.73 Å². The van der Waals surface area contributed by atoms with Crippen LogP contribution in [0.2, 0.25) is 0 Å². The van der Waals surface area contributed by atoms with E-state index < -0.39 is 5.91 Å². The van der Waals surface area contributed by atoms with Gasteiger partial charge in [0.15, 0.2) is 0 Å². The average Bonchev–Trinajstić information content (AvgIpc) is 3.08. The Labute approximate surface area is 115 Å². The van der Waals surface area contributed by atoms with Crippen molar-refractivity contribution in [2.45, 2.75) is 25.8 Å². The van der Waals surface area contributed by atoms with Crippen molar-refractivity contribution in [3.8, 4) is 0 Å². The first-order chi connectivity index (χ1) is 8.95. The largest absolute Gasteiger partial charge is 0.397 e. The number of primary amides is 1. The van der Waals surface area contributed by atoms with Crippen LogP contribution in [0.3, 0.4) is 0 Å². The summed E-state index contributed by atoms with van der Waals surface area (Å²) in [6.45, 7) is 2.65. The molecule has 0 saturated heterocycles. The van der Waals surface area contributed by atoms with E-state index in [-0.39, 0.29) is 23.2 Å². The van der Waals surface area contributed by atoms with E-state index in [1.165, 1.54) is 11.3 Å². The molecule has 104 valence electrons. The van der Waals surface area contributed by atoms with Crippen molar-refractivity contribution in [3.63, 3.8) is 0 Å². The van der Waals surface area contributed by atoms with E-state index in [2.05, 4.69) is 5.32 Å². The maximum Gasteiger partial charge on any atom is 0.263 e. The molecule has 0 spiro atoms. The summed E-state index contributed by atoms with van der Waals surface area (Å²) in [6.07, 6.45) is 2.00. The summed E-state index contributed by atoms with van der Waals surface area (Å²) in [5, 5.41) is 3.51. The number of amides is 2. The number of rotatable bonds is 5. The minimum absolute atomic E-state index is 0.186. The molecule has 2 amide bonds. The molecule has 0 atom stereocenters. The molecule has 7 heteroatoms. The highest BCUT2D eigenvalue weighted by Gasteiger charge is 2.29. The zero-order valence-corrected chi connectivity index (χ0v) is 11.8. The van der Waals surface area contributed by atoms with Crippen molar-refractivity contribution in [1.29, 1.82) is 0 Å². The topological polar surface area (TPSA) is 101 Å². The first kappa shape index (κ1) is 13.7. The van der Waals surface area contributed by atoms with Crippen molar-refractivity contribution in [2.75, 3.05) is 24.2 Å². The van der Waals surface area contributed by atoms with Gasteiger partial charge in [-0.15, -0.1) is 11.3 Å². The highest BCUT2D eigenvalue weighted by Crippen LogP contribution is 2.37. The second kappa shape index (κ2) is 5.08. The molecule has 0 bridgehead atoms. The Hall–Kier alpha value is -1.76. The van der Waals surface area contributed by atoms with E-state index in [1.54, 1.807) is 0 Å². The molecule has 1 aliphatic rings. The normalized spacial score (nSPS) is 14.2. The molecule has 1 aromatic heterocycles. The molecule has 2 rings (SSSR count). The fraction of sp³-hybridized carbons (Fsp3) is 0.500. The summed E-state index contributed by atoms with van der Waals surface area (Å²) in [4.78, 5) is 25.8. The maximum absolute atomic E-state index is 12.1. The number of nitrogens with one attached hydrogen (secondary N) is 1. The number of hydrogen-bond donors (Lipinski definition) is 3. The van der Waals surface area contributed by atoms with Crippen LogP contribution in [0.15, 0.2) is 0 Å².